The topological polar surface area (TPSA) is 61.6 Å². The third kappa shape index (κ3) is 4.17. The SMILES string of the molecule is C.CC.N#Cc1ccc2ncnc(NC3CCCCC3)c2c1. The number of aromatic nitrogens is 2. The molecule has 0 radical (unpaired) electrons. The molecule has 1 aromatic heterocycles. The summed E-state index contributed by atoms with van der Waals surface area (Å²) in [5.41, 5.74) is 1.53. The van der Waals surface area contributed by atoms with Crippen molar-refractivity contribution in [3.8, 4) is 6.07 Å². The highest BCUT2D eigenvalue weighted by Crippen LogP contribution is 2.25. The predicted molar refractivity (Wildman–Crippen MR) is 92.8 cm³/mol. The van der Waals surface area contributed by atoms with Crippen molar-refractivity contribution in [1.29, 1.82) is 5.26 Å². The van der Waals surface area contributed by atoms with Crippen LogP contribution in [-0.2, 0) is 0 Å². The summed E-state index contributed by atoms with van der Waals surface area (Å²) >= 11 is 0. The Hall–Kier alpha value is -2.15. The van der Waals surface area contributed by atoms with E-state index in [2.05, 4.69) is 21.4 Å². The second kappa shape index (κ2) is 8.99. The molecule has 0 bridgehead atoms. The van der Waals surface area contributed by atoms with Crippen molar-refractivity contribution < 1.29 is 0 Å². The molecule has 4 nitrogen and oxygen atoms in total. The zero-order valence-electron chi connectivity index (χ0n) is 12.8. The number of fused-ring (bicyclic) bond motifs is 1. The van der Waals surface area contributed by atoms with E-state index in [1.54, 1.807) is 12.4 Å². The number of anilines is 1. The van der Waals surface area contributed by atoms with E-state index in [9.17, 15) is 0 Å². The van der Waals surface area contributed by atoms with Crippen LogP contribution in [0.1, 0.15) is 58.9 Å². The number of benzene rings is 1. The van der Waals surface area contributed by atoms with Crippen molar-refractivity contribution in [2.45, 2.75) is 59.4 Å². The first-order valence-electron chi connectivity index (χ1n) is 7.78. The maximum atomic E-state index is 9.00. The van der Waals surface area contributed by atoms with Crippen LogP contribution in [-0.4, -0.2) is 16.0 Å². The zero-order valence-corrected chi connectivity index (χ0v) is 12.8. The Morgan fingerprint density at radius 1 is 1.14 bits per heavy atom. The van der Waals surface area contributed by atoms with Crippen LogP contribution in [0.2, 0.25) is 0 Å². The van der Waals surface area contributed by atoms with Crippen LogP contribution in [0.25, 0.3) is 10.9 Å². The van der Waals surface area contributed by atoms with E-state index in [1.165, 1.54) is 32.1 Å². The van der Waals surface area contributed by atoms with Gasteiger partial charge in [0.25, 0.3) is 0 Å². The summed E-state index contributed by atoms with van der Waals surface area (Å²) < 4.78 is 0. The van der Waals surface area contributed by atoms with E-state index in [1.807, 2.05) is 26.0 Å². The van der Waals surface area contributed by atoms with Gasteiger partial charge in [0.2, 0.25) is 0 Å². The Kier molecular flexibility index (Phi) is 7.31. The largest absolute Gasteiger partial charge is 0.367 e. The van der Waals surface area contributed by atoms with Gasteiger partial charge in [0.05, 0.1) is 17.1 Å². The highest BCUT2D eigenvalue weighted by Gasteiger charge is 2.15. The molecule has 1 fully saturated rings. The van der Waals surface area contributed by atoms with Crippen LogP contribution in [0.15, 0.2) is 24.5 Å². The Labute approximate surface area is 133 Å². The smallest absolute Gasteiger partial charge is 0.137 e. The maximum absolute atomic E-state index is 9.00. The minimum atomic E-state index is 0. The summed E-state index contributed by atoms with van der Waals surface area (Å²) in [5.74, 6) is 0.856. The molecular formula is C18H26N4. The Morgan fingerprint density at radius 2 is 1.86 bits per heavy atom. The van der Waals surface area contributed by atoms with Crippen molar-refractivity contribution >= 4 is 16.7 Å². The maximum Gasteiger partial charge on any atom is 0.137 e. The van der Waals surface area contributed by atoms with Gasteiger partial charge in [-0.3, -0.25) is 0 Å². The van der Waals surface area contributed by atoms with Crippen molar-refractivity contribution in [2.75, 3.05) is 5.32 Å². The molecule has 1 heterocycles. The van der Waals surface area contributed by atoms with Crippen molar-refractivity contribution in [2.24, 2.45) is 0 Å². The molecule has 4 heteroatoms. The molecule has 0 aliphatic heterocycles. The number of nitrogens with zero attached hydrogens (tertiary/aromatic N) is 3. The fraction of sp³-hybridized carbons (Fsp3) is 0.500. The Morgan fingerprint density at radius 3 is 2.55 bits per heavy atom. The summed E-state index contributed by atoms with van der Waals surface area (Å²) in [6.07, 6.45) is 7.88. The van der Waals surface area contributed by atoms with Crippen LogP contribution >= 0.6 is 0 Å². The molecule has 1 aliphatic rings. The monoisotopic (exact) mass is 298 g/mol. The van der Waals surface area contributed by atoms with Crippen LogP contribution in [0.5, 0.6) is 0 Å². The summed E-state index contributed by atoms with van der Waals surface area (Å²) in [5, 5.41) is 13.4. The van der Waals surface area contributed by atoms with E-state index >= 15 is 0 Å². The van der Waals surface area contributed by atoms with Gasteiger partial charge in [0.15, 0.2) is 0 Å². The molecule has 0 spiro atoms. The first-order valence-corrected chi connectivity index (χ1v) is 7.78. The van der Waals surface area contributed by atoms with E-state index in [0.29, 0.717) is 11.6 Å². The van der Waals surface area contributed by atoms with Crippen molar-refractivity contribution in [3.05, 3.63) is 30.1 Å². The summed E-state index contributed by atoms with van der Waals surface area (Å²) in [7, 11) is 0. The zero-order chi connectivity index (χ0) is 15.1. The second-order valence-electron chi connectivity index (χ2n) is 5.05. The third-order valence-electron chi connectivity index (χ3n) is 3.71. The molecule has 22 heavy (non-hydrogen) atoms. The first kappa shape index (κ1) is 17.9. The number of nitrogens with one attached hydrogen (secondary N) is 1. The van der Waals surface area contributed by atoms with E-state index in [-0.39, 0.29) is 7.43 Å². The van der Waals surface area contributed by atoms with E-state index < -0.39 is 0 Å². The van der Waals surface area contributed by atoms with E-state index in [0.717, 1.165) is 16.7 Å². The van der Waals surface area contributed by atoms with Gasteiger partial charge in [-0.2, -0.15) is 5.26 Å². The van der Waals surface area contributed by atoms with Gasteiger partial charge in [-0.25, -0.2) is 9.97 Å². The molecule has 0 unspecified atom stereocenters. The van der Waals surface area contributed by atoms with Crippen molar-refractivity contribution in [1.82, 2.24) is 9.97 Å². The van der Waals surface area contributed by atoms with Gasteiger partial charge in [0, 0.05) is 11.4 Å². The molecule has 0 atom stereocenters. The number of nitriles is 1. The lowest BCUT2D eigenvalue weighted by molar-refractivity contribution is 0.462. The van der Waals surface area contributed by atoms with Gasteiger partial charge in [-0.1, -0.05) is 40.5 Å². The number of hydrogen-bond donors (Lipinski definition) is 1. The average Bonchev–Trinajstić information content (AvgIpc) is 2.57. The highest BCUT2D eigenvalue weighted by molar-refractivity contribution is 5.89. The Balaban J connectivity index is 0.000000775. The average molecular weight is 298 g/mol. The van der Waals surface area contributed by atoms with Crippen LogP contribution in [0.4, 0.5) is 5.82 Å². The third-order valence-corrected chi connectivity index (χ3v) is 3.71. The quantitative estimate of drug-likeness (QED) is 0.855. The summed E-state index contributed by atoms with van der Waals surface area (Å²) in [6, 6.07) is 8.19. The lowest BCUT2D eigenvalue weighted by atomic mass is 9.95. The number of rotatable bonds is 2. The van der Waals surface area contributed by atoms with E-state index in [4.69, 9.17) is 5.26 Å². The number of hydrogen-bond acceptors (Lipinski definition) is 4. The van der Waals surface area contributed by atoms with Crippen LogP contribution < -0.4 is 5.32 Å². The fourth-order valence-corrected chi connectivity index (χ4v) is 2.68. The fourth-order valence-electron chi connectivity index (χ4n) is 2.68. The molecule has 1 aliphatic carbocycles. The van der Waals surface area contributed by atoms with Gasteiger partial charge in [-0.05, 0) is 31.0 Å². The molecule has 1 saturated carbocycles. The minimum Gasteiger partial charge on any atom is -0.367 e. The molecule has 0 amide bonds. The molecule has 118 valence electrons. The lowest BCUT2D eigenvalue weighted by Crippen LogP contribution is -2.23. The van der Waals surface area contributed by atoms with Gasteiger partial charge < -0.3 is 5.32 Å². The minimum absolute atomic E-state index is 0. The Bertz CT molecular complexity index is 625. The van der Waals surface area contributed by atoms with Crippen LogP contribution in [0.3, 0.4) is 0 Å². The van der Waals surface area contributed by atoms with Gasteiger partial charge in [-0.15, -0.1) is 0 Å². The molecule has 0 saturated heterocycles. The molecule has 3 rings (SSSR count). The van der Waals surface area contributed by atoms with Crippen molar-refractivity contribution in [3.63, 3.8) is 0 Å². The van der Waals surface area contributed by atoms with Gasteiger partial charge in [0.1, 0.15) is 12.1 Å². The standard InChI is InChI=1S/C15H16N4.C2H6.CH4/c16-9-11-6-7-14-13(8-11)15(18-10-17-14)19-12-4-2-1-3-5-12;1-2;/h6-8,10,12H,1-5H2,(H,17,18,19);1-2H3;1H4. The molecular weight excluding hydrogens is 272 g/mol. The van der Waals surface area contributed by atoms with Gasteiger partial charge >= 0.3 is 0 Å². The second-order valence-corrected chi connectivity index (χ2v) is 5.05. The molecule has 2 aromatic rings. The predicted octanol–water partition coefficient (Wildman–Crippen LogP) is 4.91. The molecule has 1 N–H and O–H groups in total. The highest BCUT2D eigenvalue weighted by atomic mass is 15.0. The normalized spacial score (nSPS) is 14.2. The summed E-state index contributed by atoms with van der Waals surface area (Å²) in [4.78, 5) is 8.59. The first-order chi connectivity index (χ1) is 10.4. The summed E-state index contributed by atoms with van der Waals surface area (Å²) in [6.45, 7) is 4.00. The molecule has 1 aromatic carbocycles. The van der Waals surface area contributed by atoms with Crippen LogP contribution in [0, 0.1) is 11.3 Å². The lowest BCUT2D eigenvalue weighted by Gasteiger charge is -2.23.